The van der Waals surface area contributed by atoms with Crippen LogP contribution >= 0.6 is 0 Å². The van der Waals surface area contributed by atoms with E-state index in [2.05, 4.69) is 57.0 Å². The molecule has 1 rings (SSSR count). The smallest absolute Gasteiger partial charge is 0.330 e. The molecule has 1 aromatic carbocycles. The zero-order valence-electron chi connectivity index (χ0n) is 15.3. The molecule has 0 aliphatic heterocycles. The summed E-state index contributed by atoms with van der Waals surface area (Å²) in [6, 6.07) is 11.6. The third-order valence-electron chi connectivity index (χ3n) is 3.50. The highest BCUT2D eigenvalue weighted by Crippen LogP contribution is 2.20. The molecule has 6 heteroatoms. The first-order chi connectivity index (χ1) is 11.3. The second-order valence-electron chi connectivity index (χ2n) is 6.90. The number of ether oxygens (including phenoxy) is 2. The average Bonchev–Trinajstić information content (AvgIpc) is 2.53. The summed E-state index contributed by atoms with van der Waals surface area (Å²) < 4.78 is 17.1. The molecule has 0 saturated heterocycles. The van der Waals surface area contributed by atoms with Gasteiger partial charge in [-0.1, -0.05) is 36.9 Å². The Morgan fingerprint density at radius 1 is 1.08 bits per heavy atom. The molecule has 0 aliphatic carbocycles. The molecule has 0 N–H and O–H groups in total. The predicted octanol–water partition coefficient (Wildman–Crippen LogP) is 3.46. The monoisotopic (exact) mass is 366 g/mol. The standard InChI is InChI=1S/C18H30O4Si2/c1-6-18(19)21-15-14-20-13-10-16-24(5,22-23(2,3)4)17-11-8-7-9-12-17/h6-9,11-12H,1,10,13-16H2,2-5H3. The van der Waals surface area contributed by atoms with Crippen molar-refractivity contribution in [2.75, 3.05) is 19.8 Å². The summed E-state index contributed by atoms with van der Waals surface area (Å²) in [5.74, 6) is -0.411. The van der Waals surface area contributed by atoms with Gasteiger partial charge in [0, 0.05) is 12.7 Å². The van der Waals surface area contributed by atoms with Gasteiger partial charge in [-0.3, -0.25) is 0 Å². The molecule has 4 nitrogen and oxygen atoms in total. The molecule has 24 heavy (non-hydrogen) atoms. The van der Waals surface area contributed by atoms with Crippen molar-refractivity contribution in [3.8, 4) is 0 Å². The van der Waals surface area contributed by atoms with E-state index in [-0.39, 0.29) is 6.61 Å². The third kappa shape index (κ3) is 8.05. The minimum absolute atomic E-state index is 0.267. The zero-order valence-corrected chi connectivity index (χ0v) is 17.3. The van der Waals surface area contributed by atoms with Crippen LogP contribution in [0, 0.1) is 0 Å². The fourth-order valence-electron chi connectivity index (χ4n) is 2.59. The minimum atomic E-state index is -1.97. The first-order valence-electron chi connectivity index (χ1n) is 8.39. The molecule has 0 radical (unpaired) electrons. The van der Waals surface area contributed by atoms with E-state index in [0.29, 0.717) is 13.2 Å². The summed E-state index contributed by atoms with van der Waals surface area (Å²) in [6.07, 6.45) is 2.10. The van der Waals surface area contributed by atoms with E-state index in [4.69, 9.17) is 13.6 Å². The van der Waals surface area contributed by atoms with Gasteiger partial charge in [-0.05, 0) is 43.8 Å². The van der Waals surface area contributed by atoms with E-state index in [1.807, 2.05) is 6.07 Å². The first-order valence-corrected chi connectivity index (χ1v) is 14.4. The van der Waals surface area contributed by atoms with Gasteiger partial charge in [0.25, 0.3) is 0 Å². The van der Waals surface area contributed by atoms with E-state index in [0.717, 1.165) is 18.5 Å². The Balaban J connectivity index is 2.46. The van der Waals surface area contributed by atoms with Gasteiger partial charge in [0.1, 0.15) is 6.61 Å². The Kier molecular flexibility index (Phi) is 8.62. The molecule has 1 aromatic rings. The molecule has 0 aromatic heterocycles. The minimum Gasteiger partial charge on any atom is -0.460 e. The third-order valence-corrected chi connectivity index (χ3v) is 10.6. The number of esters is 1. The zero-order chi connectivity index (χ0) is 18.1. The van der Waals surface area contributed by atoms with E-state index < -0.39 is 22.6 Å². The number of hydrogen-bond donors (Lipinski definition) is 0. The Morgan fingerprint density at radius 3 is 2.33 bits per heavy atom. The summed E-state index contributed by atoms with van der Waals surface area (Å²) >= 11 is 0. The molecular formula is C18H30O4Si2. The van der Waals surface area contributed by atoms with Gasteiger partial charge in [-0.15, -0.1) is 0 Å². The van der Waals surface area contributed by atoms with Crippen molar-refractivity contribution in [2.24, 2.45) is 0 Å². The largest absolute Gasteiger partial charge is 0.460 e. The SMILES string of the molecule is C=CC(=O)OCCOCCC[Si](C)(O[Si](C)(C)C)c1ccccc1. The van der Waals surface area contributed by atoms with Gasteiger partial charge in [0.05, 0.1) is 6.61 Å². The number of benzene rings is 1. The van der Waals surface area contributed by atoms with Crippen molar-refractivity contribution in [2.45, 2.75) is 38.7 Å². The van der Waals surface area contributed by atoms with Crippen LogP contribution in [0.1, 0.15) is 6.42 Å². The van der Waals surface area contributed by atoms with Crippen LogP contribution in [0.15, 0.2) is 43.0 Å². The number of carbonyl (C=O) groups excluding carboxylic acids is 1. The van der Waals surface area contributed by atoms with Gasteiger partial charge in [0.2, 0.25) is 8.32 Å². The highest BCUT2D eigenvalue weighted by molar-refractivity contribution is 6.92. The second kappa shape index (κ2) is 9.93. The summed E-state index contributed by atoms with van der Waals surface area (Å²) in [4.78, 5) is 10.9. The average molecular weight is 367 g/mol. The van der Waals surface area contributed by atoms with Crippen LogP contribution in [0.4, 0.5) is 0 Å². The molecular weight excluding hydrogens is 336 g/mol. The topological polar surface area (TPSA) is 44.8 Å². The predicted molar refractivity (Wildman–Crippen MR) is 104 cm³/mol. The van der Waals surface area contributed by atoms with Crippen LogP contribution in [0.2, 0.25) is 32.2 Å². The number of carbonyl (C=O) groups is 1. The van der Waals surface area contributed by atoms with Gasteiger partial charge < -0.3 is 13.6 Å². The van der Waals surface area contributed by atoms with Crippen LogP contribution in [0.3, 0.4) is 0 Å². The van der Waals surface area contributed by atoms with Crippen molar-refractivity contribution < 1.29 is 18.4 Å². The van der Waals surface area contributed by atoms with Gasteiger partial charge >= 0.3 is 5.97 Å². The van der Waals surface area contributed by atoms with Crippen molar-refractivity contribution in [1.29, 1.82) is 0 Å². The van der Waals surface area contributed by atoms with Crippen LogP contribution in [-0.4, -0.2) is 42.4 Å². The normalized spacial score (nSPS) is 14.0. The Hall–Kier alpha value is -1.22. The summed E-state index contributed by atoms with van der Waals surface area (Å²) in [6.45, 7) is 13.7. The highest BCUT2D eigenvalue weighted by atomic mass is 28.4. The van der Waals surface area contributed by atoms with E-state index in [1.54, 1.807) is 0 Å². The lowest BCUT2D eigenvalue weighted by atomic mass is 10.4. The molecule has 0 heterocycles. The number of hydrogen-bond acceptors (Lipinski definition) is 4. The van der Waals surface area contributed by atoms with Crippen LogP contribution in [0.5, 0.6) is 0 Å². The fourth-order valence-corrected chi connectivity index (χ4v) is 10.9. The molecule has 0 fully saturated rings. The summed E-state index contributed by atoms with van der Waals surface area (Å²) in [5, 5.41) is 1.34. The maximum absolute atomic E-state index is 10.9. The van der Waals surface area contributed by atoms with Crippen LogP contribution in [-0.2, 0) is 18.4 Å². The van der Waals surface area contributed by atoms with Gasteiger partial charge in [-0.25, -0.2) is 4.79 Å². The molecule has 1 unspecified atom stereocenters. The lowest BCUT2D eigenvalue weighted by molar-refractivity contribution is -0.139. The highest BCUT2D eigenvalue weighted by Gasteiger charge is 2.35. The Morgan fingerprint density at radius 2 is 1.75 bits per heavy atom. The molecule has 0 bridgehead atoms. The van der Waals surface area contributed by atoms with Crippen molar-refractivity contribution in [3.63, 3.8) is 0 Å². The summed E-state index contributed by atoms with van der Waals surface area (Å²) in [5.41, 5.74) is 0. The van der Waals surface area contributed by atoms with E-state index in [9.17, 15) is 4.79 Å². The van der Waals surface area contributed by atoms with Crippen LogP contribution < -0.4 is 5.19 Å². The first kappa shape index (κ1) is 20.8. The molecule has 0 amide bonds. The second-order valence-corrected chi connectivity index (χ2v) is 15.5. The quantitative estimate of drug-likeness (QED) is 0.260. The lowest BCUT2D eigenvalue weighted by Gasteiger charge is -2.35. The van der Waals surface area contributed by atoms with Crippen molar-refractivity contribution in [1.82, 2.24) is 0 Å². The molecule has 134 valence electrons. The lowest BCUT2D eigenvalue weighted by Crippen LogP contribution is -2.53. The number of rotatable bonds is 11. The van der Waals surface area contributed by atoms with Crippen LogP contribution in [0.25, 0.3) is 0 Å². The summed E-state index contributed by atoms with van der Waals surface area (Å²) in [7, 11) is -3.59. The van der Waals surface area contributed by atoms with Crippen molar-refractivity contribution >= 4 is 27.8 Å². The molecule has 0 spiro atoms. The Bertz CT molecular complexity index is 514. The molecule has 1 atom stereocenters. The van der Waals surface area contributed by atoms with E-state index >= 15 is 0 Å². The van der Waals surface area contributed by atoms with Crippen molar-refractivity contribution in [3.05, 3.63) is 43.0 Å². The fraction of sp³-hybridized carbons (Fsp3) is 0.500. The molecule has 0 saturated carbocycles. The maximum atomic E-state index is 10.9. The van der Waals surface area contributed by atoms with Gasteiger partial charge in [-0.2, -0.15) is 0 Å². The molecule has 0 aliphatic rings. The van der Waals surface area contributed by atoms with Gasteiger partial charge in [0.15, 0.2) is 8.32 Å². The maximum Gasteiger partial charge on any atom is 0.330 e. The Labute approximate surface area is 148 Å². The van der Waals surface area contributed by atoms with E-state index in [1.165, 1.54) is 5.19 Å².